The number of rotatable bonds is 5. The third kappa shape index (κ3) is 4.57. The number of amides is 1. The number of carbonyl (C=O) groups is 1. The number of nitrogens with one attached hydrogen (secondary N) is 1. The number of hydrogen-bond donors (Lipinski definition) is 1. The maximum absolute atomic E-state index is 12.0. The third-order valence-electron chi connectivity index (χ3n) is 2.27. The van der Waals surface area contributed by atoms with Gasteiger partial charge >= 0.3 is 0 Å². The van der Waals surface area contributed by atoms with E-state index in [0.717, 1.165) is 14.6 Å². The van der Waals surface area contributed by atoms with E-state index in [1.807, 2.05) is 12.1 Å². The fourth-order valence-electron chi connectivity index (χ4n) is 1.33. The Morgan fingerprint density at radius 2 is 2.05 bits per heavy atom. The van der Waals surface area contributed by atoms with Crippen LogP contribution in [-0.2, 0) is 0 Å². The number of nitrogens with zero attached hydrogens (tertiary/aromatic N) is 2. The molecule has 1 N–H and O–H groups in total. The lowest BCUT2D eigenvalue weighted by atomic mass is 10.2. The molecule has 20 heavy (non-hydrogen) atoms. The molecule has 0 spiro atoms. The largest absolute Gasteiger partial charge is 0.296 e. The van der Waals surface area contributed by atoms with Gasteiger partial charge in [0, 0.05) is 15.8 Å². The second-order valence-corrected chi connectivity index (χ2v) is 7.70. The van der Waals surface area contributed by atoms with Crippen molar-refractivity contribution in [3.05, 3.63) is 34.3 Å². The highest BCUT2D eigenvalue weighted by atomic mass is 79.9. The second kappa shape index (κ2) is 7.19. The Morgan fingerprint density at radius 1 is 1.35 bits per heavy atom. The predicted octanol–water partition coefficient (Wildman–Crippen LogP) is 4.30. The molecule has 7 heteroatoms. The van der Waals surface area contributed by atoms with Gasteiger partial charge in [-0.3, -0.25) is 10.1 Å². The molecule has 1 heterocycles. The van der Waals surface area contributed by atoms with E-state index >= 15 is 0 Å². The Labute approximate surface area is 134 Å². The van der Waals surface area contributed by atoms with E-state index in [1.54, 1.807) is 23.9 Å². The van der Waals surface area contributed by atoms with Crippen molar-refractivity contribution in [3.63, 3.8) is 0 Å². The van der Waals surface area contributed by atoms with Crippen LogP contribution in [0.4, 0.5) is 5.13 Å². The van der Waals surface area contributed by atoms with Crippen molar-refractivity contribution >= 4 is 50.1 Å². The molecule has 0 saturated heterocycles. The molecule has 0 aliphatic carbocycles. The summed E-state index contributed by atoms with van der Waals surface area (Å²) in [5, 5.41) is 11.3. The van der Waals surface area contributed by atoms with Gasteiger partial charge in [-0.25, -0.2) is 0 Å². The van der Waals surface area contributed by atoms with Crippen LogP contribution < -0.4 is 5.32 Å². The SMILES string of the molecule is CC(C)CSc1nnc(NC(=O)c2ccc(Br)cc2)s1. The van der Waals surface area contributed by atoms with Crippen LogP contribution >= 0.6 is 39.0 Å². The van der Waals surface area contributed by atoms with Crippen LogP contribution in [0.3, 0.4) is 0 Å². The fraction of sp³-hybridized carbons (Fsp3) is 0.308. The molecule has 106 valence electrons. The van der Waals surface area contributed by atoms with Gasteiger partial charge < -0.3 is 0 Å². The minimum atomic E-state index is -0.172. The van der Waals surface area contributed by atoms with Crippen LogP contribution in [0.15, 0.2) is 33.1 Å². The van der Waals surface area contributed by atoms with Gasteiger partial charge in [-0.2, -0.15) is 0 Å². The highest BCUT2D eigenvalue weighted by molar-refractivity contribution is 9.10. The molecule has 0 unspecified atom stereocenters. The van der Waals surface area contributed by atoms with Crippen LogP contribution in [0.1, 0.15) is 24.2 Å². The molecule has 0 radical (unpaired) electrons. The summed E-state index contributed by atoms with van der Waals surface area (Å²) in [4.78, 5) is 12.0. The minimum Gasteiger partial charge on any atom is -0.296 e. The van der Waals surface area contributed by atoms with E-state index in [4.69, 9.17) is 0 Å². The quantitative estimate of drug-likeness (QED) is 0.628. The van der Waals surface area contributed by atoms with Gasteiger partial charge in [-0.05, 0) is 30.2 Å². The Balaban J connectivity index is 1.96. The van der Waals surface area contributed by atoms with Crippen molar-refractivity contribution in [2.75, 3.05) is 11.1 Å². The smallest absolute Gasteiger partial charge is 0.257 e. The van der Waals surface area contributed by atoms with Crippen LogP contribution in [0, 0.1) is 5.92 Å². The molecular weight excluding hydrogens is 358 g/mol. The standard InChI is InChI=1S/C13H14BrN3OS2/c1-8(2)7-19-13-17-16-12(20-13)15-11(18)9-3-5-10(14)6-4-9/h3-6,8H,7H2,1-2H3,(H,15,16,18). The first kappa shape index (κ1) is 15.5. The summed E-state index contributed by atoms with van der Waals surface area (Å²) in [5.41, 5.74) is 0.597. The average Bonchev–Trinajstić information content (AvgIpc) is 2.84. The number of anilines is 1. The summed E-state index contributed by atoms with van der Waals surface area (Å²) in [6.45, 7) is 4.31. The summed E-state index contributed by atoms with van der Waals surface area (Å²) in [6, 6.07) is 7.18. The summed E-state index contributed by atoms with van der Waals surface area (Å²) in [6.07, 6.45) is 0. The first-order valence-corrected chi connectivity index (χ1v) is 8.67. The lowest BCUT2D eigenvalue weighted by Crippen LogP contribution is -2.11. The normalized spacial score (nSPS) is 10.8. The van der Waals surface area contributed by atoms with Crippen LogP contribution in [0.2, 0.25) is 0 Å². The van der Waals surface area contributed by atoms with E-state index in [-0.39, 0.29) is 5.91 Å². The van der Waals surface area contributed by atoms with Gasteiger partial charge in [0.15, 0.2) is 4.34 Å². The number of benzene rings is 1. The second-order valence-electron chi connectivity index (χ2n) is 4.54. The summed E-state index contributed by atoms with van der Waals surface area (Å²) in [7, 11) is 0. The summed E-state index contributed by atoms with van der Waals surface area (Å²) >= 11 is 6.40. The van der Waals surface area contributed by atoms with Crippen molar-refractivity contribution in [1.29, 1.82) is 0 Å². The maximum atomic E-state index is 12.0. The Bertz CT molecular complexity index is 584. The zero-order chi connectivity index (χ0) is 14.5. The topological polar surface area (TPSA) is 54.9 Å². The zero-order valence-corrected chi connectivity index (χ0v) is 14.3. The fourth-order valence-corrected chi connectivity index (χ4v) is 3.31. The van der Waals surface area contributed by atoms with E-state index in [2.05, 4.69) is 45.3 Å². The molecule has 0 fully saturated rings. The van der Waals surface area contributed by atoms with Crippen molar-refractivity contribution in [2.45, 2.75) is 18.2 Å². The molecule has 1 aromatic carbocycles. The molecule has 0 aliphatic heterocycles. The lowest BCUT2D eigenvalue weighted by molar-refractivity contribution is 0.102. The Morgan fingerprint density at radius 3 is 2.70 bits per heavy atom. The molecule has 0 saturated carbocycles. The van der Waals surface area contributed by atoms with Crippen molar-refractivity contribution in [3.8, 4) is 0 Å². The third-order valence-corrected chi connectivity index (χ3v) is 5.20. The lowest BCUT2D eigenvalue weighted by Gasteiger charge is -2.01. The molecule has 0 bridgehead atoms. The molecule has 2 rings (SSSR count). The van der Waals surface area contributed by atoms with Gasteiger partial charge in [0.05, 0.1) is 0 Å². The van der Waals surface area contributed by atoms with Crippen LogP contribution in [0.25, 0.3) is 0 Å². The molecule has 0 atom stereocenters. The summed E-state index contributed by atoms with van der Waals surface area (Å²) in [5.74, 6) is 1.42. The monoisotopic (exact) mass is 371 g/mol. The first-order chi connectivity index (χ1) is 9.54. The highest BCUT2D eigenvalue weighted by Gasteiger charge is 2.10. The zero-order valence-electron chi connectivity index (χ0n) is 11.1. The molecule has 1 amide bonds. The Hall–Kier alpha value is -0.920. The van der Waals surface area contributed by atoms with Gasteiger partial charge in [-0.15, -0.1) is 10.2 Å². The van der Waals surface area contributed by atoms with Gasteiger partial charge in [0.1, 0.15) is 0 Å². The van der Waals surface area contributed by atoms with E-state index in [9.17, 15) is 4.79 Å². The maximum Gasteiger partial charge on any atom is 0.257 e. The van der Waals surface area contributed by atoms with Crippen molar-refractivity contribution < 1.29 is 4.79 Å². The molecule has 2 aromatic rings. The average molecular weight is 372 g/mol. The number of halogens is 1. The molecule has 1 aromatic heterocycles. The Kier molecular flexibility index (Phi) is 5.56. The van der Waals surface area contributed by atoms with Crippen LogP contribution in [0.5, 0.6) is 0 Å². The van der Waals surface area contributed by atoms with Crippen molar-refractivity contribution in [2.24, 2.45) is 5.92 Å². The van der Waals surface area contributed by atoms with Gasteiger partial charge in [0.25, 0.3) is 5.91 Å². The van der Waals surface area contributed by atoms with E-state index in [0.29, 0.717) is 16.6 Å². The molecule has 0 aliphatic rings. The molecule has 4 nitrogen and oxygen atoms in total. The van der Waals surface area contributed by atoms with E-state index < -0.39 is 0 Å². The predicted molar refractivity (Wildman–Crippen MR) is 87.6 cm³/mol. The van der Waals surface area contributed by atoms with Crippen LogP contribution in [-0.4, -0.2) is 21.9 Å². The van der Waals surface area contributed by atoms with Gasteiger partial charge in [-0.1, -0.05) is 52.9 Å². The number of aromatic nitrogens is 2. The summed E-state index contributed by atoms with van der Waals surface area (Å²) < 4.78 is 1.82. The number of carbonyl (C=O) groups excluding carboxylic acids is 1. The highest BCUT2D eigenvalue weighted by Crippen LogP contribution is 2.27. The van der Waals surface area contributed by atoms with Gasteiger partial charge in [0.2, 0.25) is 5.13 Å². The van der Waals surface area contributed by atoms with E-state index in [1.165, 1.54) is 11.3 Å². The minimum absolute atomic E-state index is 0.172. The molecular formula is C13H14BrN3OS2. The number of hydrogen-bond acceptors (Lipinski definition) is 5. The first-order valence-electron chi connectivity index (χ1n) is 6.08. The number of thioether (sulfide) groups is 1. The van der Waals surface area contributed by atoms with Crippen molar-refractivity contribution in [1.82, 2.24) is 10.2 Å².